The molecule has 3 aromatic rings. The Bertz CT molecular complexity index is 1060. The van der Waals surface area contributed by atoms with Gasteiger partial charge in [-0.15, -0.1) is 0 Å². The molecule has 0 saturated carbocycles. The number of hydrogen-bond donors (Lipinski definition) is 0. The topological polar surface area (TPSA) is 51.5 Å². The lowest BCUT2D eigenvalue weighted by molar-refractivity contribution is 0.374. The Hall–Kier alpha value is -2.45. The Kier molecular flexibility index (Phi) is 4.72. The molecule has 0 spiro atoms. The fraction of sp³-hybridized carbons (Fsp3) is 0.222. The maximum atomic E-state index is 14.0. The van der Waals surface area contributed by atoms with Crippen molar-refractivity contribution in [2.75, 3.05) is 21.2 Å². The second kappa shape index (κ2) is 6.69. The van der Waals surface area contributed by atoms with Gasteiger partial charge in [-0.3, -0.25) is 0 Å². The fourth-order valence-electron chi connectivity index (χ4n) is 2.94. The van der Waals surface area contributed by atoms with Crippen molar-refractivity contribution in [3.05, 3.63) is 59.8 Å². The van der Waals surface area contributed by atoms with Crippen molar-refractivity contribution >= 4 is 20.9 Å². The molecule has 0 amide bonds. The highest BCUT2D eigenvalue weighted by molar-refractivity contribution is 7.90. The number of halogens is 2. The third-order valence-corrected chi connectivity index (χ3v) is 5.78. The van der Waals surface area contributed by atoms with Gasteiger partial charge in [0.15, 0.2) is 4.90 Å². The highest BCUT2D eigenvalue weighted by atomic mass is 32.2. The minimum absolute atomic E-state index is 0.324. The first-order valence-electron chi connectivity index (χ1n) is 7.78. The molecule has 0 saturated heterocycles. The van der Waals surface area contributed by atoms with Crippen molar-refractivity contribution in [2.24, 2.45) is 0 Å². The molecular weight excluding hydrogens is 362 g/mol. The molecule has 1 aromatic heterocycles. The molecule has 0 radical (unpaired) electrons. The van der Waals surface area contributed by atoms with Gasteiger partial charge >= 0.3 is 0 Å². The van der Waals surface area contributed by atoms with Crippen LogP contribution in [0.4, 0.5) is 8.78 Å². The van der Waals surface area contributed by atoms with Crippen LogP contribution in [0.15, 0.2) is 47.5 Å². The number of methoxy groups -OCH3 is 1. The standard InChI is InChI=1S/C18H18F2N2O3S/c1-21(2)11-13-12-9-10-22(16(12)7-8-17(13)25-3)26(23,24)18-14(19)5-4-6-15(18)20/h4-10H,11H2,1-3H3. The molecule has 0 N–H and O–H groups in total. The second-order valence-electron chi connectivity index (χ2n) is 6.08. The van der Waals surface area contributed by atoms with Crippen molar-refractivity contribution in [1.29, 1.82) is 0 Å². The van der Waals surface area contributed by atoms with Crippen LogP contribution in [0, 0.1) is 11.6 Å². The summed E-state index contributed by atoms with van der Waals surface area (Å²) in [4.78, 5) is 0.946. The van der Waals surface area contributed by atoms with Crippen molar-refractivity contribution < 1.29 is 21.9 Å². The Morgan fingerprint density at radius 3 is 2.31 bits per heavy atom. The number of rotatable bonds is 5. The van der Waals surface area contributed by atoms with Crippen LogP contribution in [-0.2, 0) is 16.6 Å². The van der Waals surface area contributed by atoms with Crippen LogP contribution in [0.2, 0.25) is 0 Å². The molecule has 1 heterocycles. The number of nitrogens with zero attached hydrogens (tertiary/aromatic N) is 2. The molecule has 8 heteroatoms. The summed E-state index contributed by atoms with van der Waals surface area (Å²) in [7, 11) is 0.846. The SMILES string of the molecule is COc1ccc2c(ccn2S(=O)(=O)c2c(F)cccc2F)c1CN(C)C. The third-order valence-electron chi connectivity index (χ3n) is 4.04. The predicted molar refractivity (Wildman–Crippen MR) is 94.8 cm³/mol. The molecule has 5 nitrogen and oxygen atoms in total. The smallest absolute Gasteiger partial charge is 0.274 e. The van der Waals surface area contributed by atoms with E-state index in [0.717, 1.165) is 27.7 Å². The van der Waals surface area contributed by atoms with E-state index in [1.807, 2.05) is 19.0 Å². The fourth-order valence-corrected chi connectivity index (χ4v) is 4.41. The first-order valence-corrected chi connectivity index (χ1v) is 9.22. The van der Waals surface area contributed by atoms with E-state index in [9.17, 15) is 17.2 Å². The van der Waals surface area contributed by atoms with Crippen molar-refractivity contribution in [1.82, 2.24) is 8.87 Å². The van der Waals surface area contributed by atoms with Gasteiger partial charge in [0.05, 0.1) is 12.6 Å². The van der Waals surface area contributed by atoms with Crippen molar-refractivity contribution in [2.45, 2.75) is 11.4 Å². The molecule has 26 heavy (non-hydrogen) atoms. The molecule has 0 aliphatic rings. The lowest BCUT2D eigenvalue weighted by Gasteiger charge is -2.15. The van der Waals surface area contributed by atoms with Gasteiger partial charge < -0.3 is 9.64 Å². The van der Waals surface area contributed by atoms with E-state index in [1.54, 1.807) is 18.2 Å². The van der Waals surface area contributed by atoms with Crippen LogP contribution in [0.25, 0.3) is 10.9 Å². The van der Waals surface area contributed by atoms with Gasteiger partial charge in [0, 0.05) is 23.7 Å². The molecule has 0 unspecified atom stereocenters. The van der Waals surface area contributed by atoms with E-state index in [2.05, 4.69) is 0 Å². The van der Waals surface area contributed by atoms with Crippen molar-refractivity contribution in [3.63, 3.8) is 0 Å². The lowest BCUT2D eigenvalue weighted by Crippen LogP contribution is -2.16. The molecule has 3 rings (SSSR count). The highest BCUT2D eigenvalue weighted by Crippen LogP contribution is 2.32. The summed E-state index contributed by atoms with van der Waals surface area (Å²) in [5, 5.41) is 0.637. The molecule has 138 valence electrons. The van der Waals surface area contributed by atoms with Gasteiger partial charge in [-0.05, 0) is 44.4 Å². The van der Waals surface area contributed by atoms with E-state index in [4.69, 9.17) is 4.74 Å². The van der Waals surface area contributed by atoms with Gasteiger partial charge in [0.1, 0.15) is 17.4 Å². The quantitative estimate of drug-likeness (QED) is 0.682. The zero-order chi connectivity index (χ0) is 19.1. The Balaban J connectivity index is 2.27. The molecule has 2 aromatic carbocycles. The van der Waals surface area contributed by atoms with Crippen LogP contribution < -0.4 is 4.74 Å². The summed E-state index contributed by atoms with van der Waals surface area (Å²) < 4.78 is 60.1. The van der Waals surface area contributed by atoms with Gasteiger partial charge in [-0.1, -0.05) is 6.07 Å². The van der Waals surface area contributed by atoms with Crippen LogP contribution in [0.5, 0.6) is 5.75 Å². The molecular formula is C18H18F2N2O3S. The van der Waals surface area contributed by atoms with Crippen LogP contribution in [-0.4, -0.2) is 38.5 Å². The first-order chi connectivity index (χ1) is 12.3. The van der Waals surface area contributed by atoms with Gasteiger partial charge in [-0.25, -0.2) is 21.2 Å². The summed E-state index contributed by atoms with van der Waals surface area (Å²) in [6.07, 6.45) is 1.30. The number of aromatic nitrogens is 1. The van der Waals surface area contributed by atoms with Crippen LogP contribution >= 0.6 is 0 Å². The summed E-state index contributed by atoms with van der Waals surface area (Å²) >= 11 is 0. The predicted octanol–water partition coefficient (Wildman–Crippen LogP) is 3.23. The second-order valence-corrected chi connectivity index (χ2v) is 7.84. The summed E-state index contributed by atoms with van der Waals surface area (Å²) in [5.41, 5.74) is 1.11. The van der Waals surface area contributed by atoms with E-state index in [-0.39, 0.29) is 0 Å². The maximum Gasteiger partial charge on any atom is 0.274 e. The summed E-state index contributed by atoms with van der Waals surface area (Å²) in [6, 6.07) is 7.77. The maximum absolute atomic E-state index is 14.0. The zero-order valence-corrected chi connectivity index (χ0v) is 15.3. The van der Waals surface area contributed by atoms with Crippen molar-refractivity contribution in [3.8, 4) is 5.75 Å². The summed E-state index contributed by atoms with van der Waals surface area (Å²) in [6.45, 7) is 0.513. The Morgan fingerprint density at radius 2 is 1.73 bits per heavy atom. The summed E-state index contributed by atoms with van der Waals surface area (Å²) in [5.74, 6) is -1.65. The first kappa shape index (κ1) is 18.3. The monoisotopic (exact) mass is 380 g/mol. The molecule has 0 fully saturated rings. The van der Waals surface area contributed by atoms with Gasteiger partial charge in [0.25, 0.3) is 10.0 Å². The van der Waals surface area contributed by atoms with Crippen LogP contribution in [0.1, 0.15) is 5.56 Å². The normalized spacial score (nSPS) is 12.1. The third kappa shape index (κ3) is 2.95. The van der Waals surface area contributed by atoms with E-state index in [0.29, 0.717) is 23.2 Å². The lowest BCUT2D eigenvalue weighted by atomic mass is 10.1. The largest absolute Gasteiger partial charge is 0.496 e. The highest BCUT2D eigenvalue weighted by Gasteiger charge is 2.27. The van der Waals surface area contributed by atoms with E-state index < -0.39 is 26.6 Å². The molecule has 0 aliphatic carbocycles. The van der Waals surface area contributed by atoms with E-state index >= 15 is 0 Å². The van der Waals surface area contributed by atoms with Gasteiger partial charge in [0.2, 0.25) is 0 Å². The molecule has 0 bridgehead atoms. The average molecular weight is 380 g/mol. The Labute approximate surface area is 150 Å². The number of ether oxygens (including phenoxy) is 1. The molecule has 0 atom stereocenters. The minimum atomic E-state index is -4.44. The molecule has 0 aliphatic heterocycles. The van der Waals surface area contributed by atoms with Gasteiger partial charge in [-0.2, -0.15) is 0 Å². The number of fused-ring (bicyclic) bond motifs is 1. The van der Waals surface area contributed by atoms with E-state index in [1.165, 1.54) is 13.3 Å². The number of hydrogen-bond acceptors (Lipinski definition) is 4. The Morgan fingerprint density at radius 1 is 1.08 bits per heavy atom. The minimum Gasteiger partial charge on any atom is -0.496 e. The number of benzene rings is 2. The average Bonchev–Trinajstić information content (AvgIpc) is 2.99. The zero-order valence-electron chi connectivity index (χ0n) is 14.5. The van der Waals surface area contributed by atoms with Crippen LogP contribution in [0.3, 0.4) is 0 Å².